The van der Waals surface area contributed by atoms with Crippen LogP contribution in [0.25, 0.3) is 5.57 Å². The molecule has 3 fully saturated rings. The van der Waals surface area contributed by atoms with Gasteiger partial charge >= 0.3 is 0 Å². The highest BCUT2D eigenvalue weighted by molar-refractivity contribution is 5.74. The number of aliphatic hydroxyl groups is 1. The second-order valence-electron chi connectivity index (χ2n) is 10.9. The Morgan fingerprint density at radius 3 is 2.77 bits per heavy atom. The summed E-state index contributed by atoms with van der Waals surface area (Å²) < 4.78 is 0. The third-order valence-electron chi connectivity index (χ3n) is 9.59. The van der Waals surface area contributed by atoms with E-state index < -0.39 is 0 Å². The SMILES string of the molecule is CC(=O)N1CC[C@@H]2[C@H](CC[C@]3(C)C(c4cccnc4)=CC[C@@H]23)[C@@]2(C)CC[C@H](O)C[C@H]12. The van der Waals surface area contributed by atoms with Crippen LogP contribution in [0.5, 0.6) is 0 Å². The van der Waals surface area contributed by atoms with Crippen molar-refractivity contribution < 1.29 is 9.90 Å². The van der Waals surface area contributed by atoms with Crippen LogP contribution in [0.1, 0.15) is 71.3 Å². The molecule has 5 rings (SSSR count). The molecule has 1 amide bonds. The van der Waals surface area contributed by atoms with Gasteiger partial charge in [0, 0.05) is 31.9 Å². The highest BCUT2D eigenvalue weighted by atomic mass is 16.3. The first-order valence-corrected chi connectivity index (χ1v) is 11.9. The van der Waals surface area contributed by atoms with Crippen LogP contribution < -0.4 is 0 Å². The topological polar surface area (TPSA) is 53.4 Å². The molecule has 2 saturated carbocycles. The number of likely N-dealkylation sites (tertiary alicyclic amines) is 1. The first-order valence-electron chi connectivity index (χ1n) is 11.9. The van der Waals surface area contributed by atoms with Gasteiger partial charge in [0.05, 0.1) is 6.10 Å². The van der Waals surface area contributed by atoms with Crippen molar-refractivity contribution in [3.63, 3.8) is 0 Å². The van der Waals surface area contributed by atoms with Crippen LogP contribution in [0.2, 0.25) is 0 Å². The van der Waals surface area contributed by atoms with Gasteiger partial charge in [-0.15, -0.1) is 0 Å². The summed E-state index contributed by atoms with van der Waals surface area (Å²) in [5, 5.41) is 10.4. The molecule has 0 radical (unpaired) electrons. The second-order valence-corrected chi connectivity index (χ2v) is 10.9. The number of hydrogen-bond donors (Lipinski definition) is 1. The highest BCUT2D eigenvalue weighted by Gasteiger charge is 2.59. The maximum Gasteiger partial charge on any atom is 0.219 e. The summed E-state index contributed by atoms with van der Waals surface area (Å²) in [4.78, 5) is 19.1. The third kappa shape index (κ3) is 2.90. The van der Waals surface area contributed by atoms with Gasteiger partial charge in [-0.2, -0.15) is 0 Å². The predicted octanol–water partition coefficient (Wildman–Crippen LogP) is 4.69. The van der Waals surface area contributed by atoms with E-state index in [-0.39, 0.29) is 28.9 Å². The highest BCUT2D eigenvalue weighted by Crippen LogP contribution is 2.65. The van der Waals surface area contributed by atoms with Crippen molar-refractivity contribution in [1.29, 1.82) is 0 Å². The zero-order valence-electron chi connectivity index (χ0n) is 18.7. The fourth-order valence-corrected chi connectivity index (χ4v) is 8.07. The minimum atomic E-state index is -0.263. The Morgan fingerprint density at radius 1 is 1.20 bits per heavy atom. The van der Waals surface area contributed by atoms with Crippen LogP contribution in [0.3, 0.4) is 0 Å². The maximum atomic E-state index is 12.6. The molecule has 30 heavy (non-hydrogen) atoms. The van der Waals surface area contributed by atoms with Crippen molar-refractivity contribution in [2.45, 2.75) is 77.9 Å². The minimum absolute atomic E-state index is 0.116. The monoisotopic (exact) mass is 408 g/mol. The molecule has 7 atom stereocenters. The number of carbonyl (C=O) groups is 1. The molecule has 0 bridgehead atoms. The lowest BCUT2D eigenvalue weighted by molar-refractivity contribution is -0.139. The Labute approximate surface area is 180 Å². The van der Waals surface area contributed by atoms with Gasteiger partial charge in [-0.05, 0) is 90.7 Å². The predicted molar refractivity (Wildman–Crippen MR) is 118 cm³/mol. The summed E-state index contributed by atoms with van der Waals surface area (Å²) in [6.07, 6.45) is 13.5. The van der Waals surface area contributed by atoms with Gasteiger partial charge in [-0.3, -0.25) is 9.78 Å². The second kappa shape index (κ2) is 7.19. The minimum Gasteiger partial charge on any atom is -0.393 e. The zero-order chi connectivity index (χ0) is 21.1. The van der Waals surface area contributed by atoms with E-state index in [0.29, 0.717) is 17.8 Å². The van der Waals surface area contributed by atoms with Crippen molar-refractivity contribution in [2.75, 3.05) is 6.54 Å². The first-order chi connectivity index (χ1) is 14.3. The van der Waals surface area contributed by atoms with Crippen LogP contribution >= 0.6 is 0 Å². The van der Waals surface area contributed by atoms with Crippen molar-refractivity contribution >= 4 is 11.5 Å². The molecule has 162 valence electrons. The van der Waals surface area contributed by atoms with E-state index in [1.54, 1.807) is 6.92 Å². The Morgan fingerprint density at radius 2 is 2.03 bits per heavy atom. The molecule has 0 unspecified atom stereocenters. The van der Waals surface area contributed by atoms with Crippen LogP contribution in [0, 0.1) is 28.6 Å². The van der Waals surface area contributed by atoms with E-state index in [1.165, 1.54) is 24.0 Å². The maximum absolute atomic E-state index is 12.6. The Kier molecular flexibility index (Phi) is 4.85. The van der Waals surface area contributed by atoms with Gasteiger partial charge in [0.2, 0.25) is 5.91 Å². The molecule has 1 saturated heterocycles. The summed E-state index contributed by atoms with van der Waals surface area (Å²) in [5.41, 5.74) is 3.09. The summed E-state index contributed by atoms with van der Waals surface area (Å²) in [6.45, 7) is 7.49. The van der Waals surface area contributed by atoms with Gasteiger partial charge < -0.3 is 10.0 Å². The Balaban J connectivity index is 1.50. The number of aromatic nitrogens is 1. The average molecular weight is 409 g/mol. The van der Waals surface area contributed by atoms with Gasteiger partial charge in [-0.25, -0.2) is 0 Å². The molecule has 2 heterocycles. The Hall–Kier alpha value is -1.68. The normalized spacial score (nSPS) is 43.1. The molecule has 0 aromatic carbocycles. The molecule has 0 spiro atoms. The summed E-state index contributed by atoms with van der Waals surface area (Å²) in [5.74, 6) is 2.10. The Bertz CT molecular complexity index is 852. The molecule has 1 N–H and O–H groups in total. The lowest BCUT2D eigenvalue weighted by atomic mass is 9.50. The fourth-order valence-electron chi connectivity index (χ4n) is 8.07. The number of amides is 1. The number of rotatable bonds is 1. The molecular formula is C26H36N2O2. The largest absolute Gasteiger partial charge is 0.393 e. The van der Waals surface area contributed by atoms with E-state index in [0.717, 1.165) is 38.6 Å². The zero-order valence-corrected chi connectivity index (χ0v) is 18.7. The van der Waals surface area contributed by atoms with Gasteiger partial charge in [0.25, 0.3) is 0 Å². The van der Waals surface area contributed by atoms with E-state index in [2.05, 4.69) is 35.9 Å². The van der Waals surface area contributed by atoms with Crippen molar-refractivity contribution in [3.8, 4) is 0 Å². The fraction of sp³-hybridized carbons (Fsp3) is 0.692. The molecule has 4 nitrogen and oxygen atoms in total. The number of aliphatic hydroxyl groups excluding tert-OH is 1. The number of carbonyl (C=O) groups excluding carboxylic acids is 1. The first kappa shape index (κ1) is 20.2. The van der Waals surface area contributed by atoms with Crippen molar-refractivity contribution in [2.24, 2.45) is 28.6 Å². The molecular weight excluding hydrogens is 372 g/mol. The van der Waals surface area contributed by atoms with Crippen LogP contribution in [-0.4, -0.2) is 39.6 Å². The van der Waals surface area contributed by atoms with Crippen LogP contribution in [0.15, 0.2) is 30.6 Å². The smallest absolute Gasteiger partial charge is 0.219 e. The third-order valence-corrected chi connectivity index (χ3v) is 9.59. The van der Waals surface area contributed by atoms with E-state index in [9.17, 15) is 9.90 Å². The molecule has 3 aliphatic carbocycles. The summed E-state index contributed by atoms with van der Waals surface area (Å²) in [7, 11) is 0. The quantitative estimate of drug-likeness (QED) is 0.733. The van der Waals surface area contributed by atoms with Gasteiger partial charge in [-0.1, -0.05) is 26.0 Å². The number of nitrogens with zero attached hydrogens (tertiary/aromatic N) is 2. The van der Waals surface area contributed by atoms with E-state index >= 15 is 0 Å². The number of allylic oxidation sites excluding steroid dienone is 2. The van der Waals surface area contributed by atoms with Crippen LogP contribution in [0.4, 0.5) is 0 Å². The van der Waals surface area contributed by atoms with Gasteiger partial charge in [0.1, 0.15) is 0 Å². The molecule has 4 aliphatic rings. The average Bonchev–Trinajstić information content (AvgIpc) is 3.02. The lowest BCUT2D eigenvalue weighted by Crippen LogP contribution is -2.56. The lowest BCUT2D eigenvalue weighted by Gasteiger charge is -2.56. The number of fused-ring (bicyclic) bond motifs is 5. The summed E-state index contributed by atoms with van der Waals surface area (Å²) >= 11 is 0. The molecule has 1 aromatic heterocycles. The summed E-state index contributed by atoms with van der Waals surface area (Å²) in [6, 6.07) is 4.45. The number of hydrogen-bond acceptors (Lipinski definition) is 3. The number of pyridine rings is 1. The standard InChI is InChI=1S/C26H36N2O2/c1-17(29)28-14-10-20-22-7-6-21(18-5-4-13-27-16-18)25(22,2)12-9-23(20)26(3)11-8-19(30)15-24(26)28/h4-6,13,16,19-20,22-24,30H,7-12,14-15H2,1-3H3/t19-,20-,22-,23-,24-,25+,26+/m0/s1. The van der Waals surface area contributed by atoms with E-state index in [1.807, 2.05) is 18.5 Å². The van der Waals surface area contributed by atoms with Crippen molar-refractivity contribution in [1.82, 2.24) is 9.88 Å². The molecule has 1 aromatic rings. The molecule has 1 aliphatic heterocycles. The van der Waals surface area contributed by atoms with Crippen LogP contribution in [-0.2, 0) is 4.79 Å². The van der Waals surface area contributed by atoms with E-state index in [4.69, 9.17) is 0 Å². The van der Waals surface area contributed by atoms with Crippen molar-refractivity contribution in [3.05, 3.63) is 36.2 Å². The molecule has 4 heteroatoms. The van der Waals surface area contributed by atoms with Gasteiger partial charge in [0.15, 0.2) is 0 Å².